The van der Waals surface area contributed by atoms with Gasteiger partial charge in [-0.05, 0) is 61.4 Å². The van der Waals surface area contributed by atoms with Gasteiger partial charge in [-0.3, -0.25) is 4.79 Å². The Hall–Kier alpha value is -3.99. The molecule has 3 aromatic carbocycles. The molecule has 0 heterocycles. The fraction of sp³-hybridized carbons (Fsp3) is 0.179. The molecular weight excluding hydrogens is 416 g/mol. The number of ether oxygens (including phenoxy) is 4. The van der Waals surface area contributed by atoms with E-state index in [0.29, 0.717) is 25.4 Å². The first-order chi connectivity index (χ1) is 16.2. The van der Waals surface area contributed by atoms with Crippen molar-refractivity contribution in [2.24, 2.45) is 0 Å². The van der Waals surface area contributed by atoms with Gasteiger partial charge in [0.2, 0.25) is 0 Å². The molecule has 0 aliphatic heterocycles. The van der Waals surface area contributed by atoms with Crippen molar-refractivity contribution in [3.8, 4) is 45.3 Å². The van der Waals surface area contributed by atoms with Crippen LogP contribution in [0.1, 0.15) is 13.8 Å². The van der Waals surface area contributed by atoms with E-state index in [-0.39, 0.29) is 0 Å². The van der Waals surface area contributed by atoms with Gasteiger partial charge < -0.3 is 18.9 Å². The summed E-state index contributed by atoms with van der Waals surface area (Å²) in [5.41, 5.74) is 3.71. The van der Waals surface area contributed by atoms with Crippen molar-refractivity contribution in [2.45, 2.75) is 13.8 Å². The Kier molecular flexibility index (Phi) is 8.71. The zero-order valence-corrected chi connectivity index (χ0v) is 19.1. The molecule has 0 fully saturated rings. The average molecular weight is 445 g/mol. The third-order valence-corrected chi connectivity index (χ3v) is 4.97. The van der Waals surface area contributed by atoms with E-state index in [1.807, 2.05) is 86.7 Å². The molecule has 3 aromatic rings. The number of methoxy groups -OCH3 is 1. The largest absolute Gasteiger partial charge is 0.497 e. The Balaban J connectivity index is 2.12. The molecule has 0 amide bonds. The summed E-state index contributed by atoms with van der Waals surface area (Å²) in [5, 5.41) is 0. The fourth-order valence-electron chi connectivity index (χ4n) is 3.26. The normalized spacial score (nSPS) is 11.0. The molecule has 0 aromatic heterocycles. The summed E-state index contributed by atoms with van der Waals surface area (Å²) in [5.74, 6) is 2.72. The summed E-state index contributed by atoms with van der Waals surface area (Å²) < 4.78 is 22.5. The molecule has 0 saturated carbocycles. The number of carbonyl (C=O) groups excluding carboxylic acids is 1. The summed E-state index contributed by atoms with van der Waals surface area (Å²) in [6.45, 7) is 5.22. The molecule has 5 heteroatoms. The molecule has 170 valence electrons. The smallest absolute Gasteiger partial charge is 0.298 e. The molecule has 0 radical (unpaired) electrons. The maximum absolute atomic E-state index is 10.6. The van der Waals surface area contributed by atoms with Gasteiger partial charge in [0.1, 0.15) is 36.2 Å². The predicted molar refractivity (Wildman–Crippen MR) is 131 cm³/mol. The number of rotatable bonds is 11. The second-order valence-electron chi connectivity index (χ2n) is 7.07. The van der Waals surface area contributed by atoms with E-state index >= 15 is 0 Å². The Morgan fingerprint density at radius 2 is 1.15 bits per heavy atom. The van der Waals surface area contributed by atoms with Crippen molar-refractivity contribution < 1.29 is 23.7 Å². The minimum Gasteiger partial charge on any atom is -0.497 e. The molecule has 0 atom stereocenters. The van der Waals surface area contributed by atoms with Crippen LogP contribution in [0.3, 0.4) is 0 Å². The predicted octanol–water partition coefficient (Wildman–Crippen LogP) is 6.47. The summed E-state index contributed by atoms with van der Waals surface area (Å²) in [6.07, 6.45) is 7.81. The summed E-state index contributed by atoms with van der Waals surface area (Å²) in [4.78, 5) is 10.6. The topological polar surface area (TPSA) is 54.0 Å². The molecule has 0 saturated heterocycles. The van der Waals surface area contributed by atoms with Crippen LogP contribution in [0.2, 0.25) is 0 Å². The first-order valence-corrected chi connectivity index (χ1v) is 10.7. The van der Waals surface area contributed by atoms with Gasteiger partial charge >= 0.3 is 0 Å². The van der Waals surface area contributed by atoms with E-state index < -0.39 is 0 Å². The molecule has 0 N–H and O–H groups in total. The lowest BCUT2D eigenvalue weighted by Crippen LogP contribution is -2.00. The lowest BCUT2D eigenvalue weighted by Gasteiger charge is -2.18. The average Bonchev–Trinajstić information content (AvgIpc) is 2.85. The van der Waals surface area contributed by atoms with E-state index in [0.717, 1.165) is 39.5 Å². The van der Waals surface area contributed by atoms with Crippen molar-refractivity contribution in [2.75, 3.05) is 20.3 Å². The molecule has 0 aliphatic rings. The van der Waals surface area contributed by atoms with Crippen LogP contribution in [0.4, 0.5) is 0 Å². The molecule has 33 heavy (non-hydrogen) atoms. The third-order valence-electron chi connectivity index (χ3n) is 4.97. The van der Waals surface area contributed by atoms with Crippen LogP contribution in [0.5, 0.6) is 23.0 Å². The molecular formula is C28H28O5. The molecule has 0 spiro atoms. The van der Waals surface area contributed by atoms with E-state index in [9.17, 15) is 4.79 Å². The highest BCUT2D eigenvalue weighted by molar-refractivity contribution is 5.81. The molecule has 0 unspecified atom stereocenters. The van der Waals surface area contributed by atoms with Gasteiger partial charge in [0.05, 0.1) is 7.11 Å². The van der Waals surface area contributed by atoms with Crippen LogP contribution in [-0.2, 0) is 4.79 Å². The number of benzene rings is 3. The fourth-order valence-corrected chi connectivity index (χ4v) is 3.26. The zero-order chi connectivity index (χ0) is 23.5. The van der Waals surface area contributed by atoms with Crippen molar-refractivity contribution in [1.82, 2.24) is 0 Å². The lowest BCUT2D eigenvalue weighted by atomic mass is 9.97. The highest BCUT2D eigenvalue weighted by Crippen LogP contribution is 2.41. The monoisotopic (exact) mass is 444 g/mol. The highest BCUT2D eigenvalue weighted by atomic mass is 16.5. The maximum Gasteiger partial charge on any atom is 0.298 e. The number of hydrogen-bond acceptors (Lipinski definition) is 5. The van der Waals surface area contributed by atoms with E-state index in [1.54, 1.807) is 19.2 Å². The first kappa shape index (κ1) is 23.7. The zero-order valence-electron chi connectivity index (χ0n) is 19.1. The molecule has 0 bridgehead atoms. The number of hydrogen-bond donors (Lipinski definition) is 0. The first-order valence-electron chi connectivity index (χ1n) is 10.7. The van der Waals surface area contributed by atoms with Gasteiger partial charge in [-0.2, -0.15) is 0 Å². The second-order valence-corrected chi connectivity index (χ2v) is 7.07. The van der Waals surface area contributed by atoms with E-state index in [2.05, 4.69) is 0 Å². The number of carbonyl (C=O) groups is 1. The van der Waals surface area contributed by atoms with Crippen molar-refractivity contribution in [3.05, 3.63) is 85.0 Å². The van der Waals surface area contributed by atoms with Gasteiger partial charge in [-0.1, -0.05) is 48.6 Å². The third kappa shape index (κ3) is 6.26. The summed E-state index contributed by atoms with van der Waals surface area (Å²) in [6, 6.07) is 19.1. The van der Waals surface area contributed by atoms with Crippen LogP contribution in [0, 0.1) is 0 Å². The Morgan fingerprint density at radius 3 is 1.55 bits per heavy atom. The summed E-state index contributed by atoms with van der Waals surface area (Å²) in [7, 11) is 1.65. The van der Waals surface area contributed by atoms with Crippen LogP contribution in [0.15, 0.2) is 85.0 Å². The minimum atomic E-state index is 0.414. The van der Waals surface area contributed by atoms with Gasteiger partial charge in [0, 0.05) is 11.1 Å². The van der Waals surface area contributed by atoms with Crippen LogP contribution >= 0.6 is 0 Å². The quantitative estimate of drug-likeness (QED) is 0.250. The highest BCUT2D eigenvalue weighted by Gasteiger charge is 2.16. The van der Waals surface area contributed by atoms with Crippen molar-refractivity contribution in [1.29, 1.82) is 0 Å². The minimum absolute atomic E-state index is 0.414. The van der Waals surface area contributed by atoms with Crippen LogP contribution < -0.4 is 18.9 Å². The lowest BCUT2D eigenvalue weighted by molar-refractivity contribution is -0.120. The Bertz CT molecular complexity index is 1100. The summed E-state index contributed by atoms with van der Waals surface area (Å²) >= 11 is 0. The van der Waals surface area contributed by atoms with Crippen molar-refractivity contribution in [3.63, 3.8) is 0 Å². The molecule has 3 rings (SSSR count). The van der Waals surface area contributed by atoms with Gasteiger partial charge in [0.25, 0.3) is 6.47 Å². The van der Waals surface area contributed by atoms with Crippen LogP contribution in [0.25, 0.3) is 22.3 Å². The second kappa shape index (κ2) is 12.2. The maximum atomic E-state index is 10.6. The van der Waals surface area contributed by atoms with E-state index in [4.69, 9.17) is 18.9 Å². The van der Waals surface area contributed by atoms with Crippen molar-refractivity contribution >= 4 is 6.47 Å². The number of allylic oxidation sites excluding steroid dienone is 2. The Morgan fingerprint density at radius 1 is 0.697 bits per heavy atom. The Labute approximate surface area is 194 Å². The molecule has 5 nitrogen and oxygen atoms in total. The van der Waals surface area contributed by atoms with Gasteiger partial charge in [-0.15, -0.1) is 0 Å². The van der Waals surface area contributed by atoms with Crippen LogP contribution in [-0.4, -0.2) is 26.8 Å². The van der Waals surface area contributed by atoms with Gasteiger partial charge in [0.15, 0.2) is 0 Å². The SMILES string of the molecule is C/C=C/COc1cc(-c2ccc(OC=O)cc2)c(OC/C=C/C)cc1-c1ccc(OC)cc1. The molecule has 0 aliphatic carbocycles. The van der Waals surface area contributed by atoms with E-state index in [1.165, 1.54) is 0 Å². The van der Waals surface area contributed by atoms with Gasteiger partial charge in [-0.25, -0.2) is 0 Å². The standard InChI is InChI=1S/C28H28O5/c1-4-6-16-31-27-19-26(22-10-14-24(15-11-22)33-20-29)28(32-17-7-5-2)18-25(27)21-8-12-23(30-3)13-9-21/h4-15,18-20H,16-17H2,1-3H3/b6-4+,7-5+.